The maximum absolute atomic E-state index is 13.8. The number of carbonyl (C=O) groups excluding carboxylic acids is 2. The van der Waals surface area contributed by atoms with Crippen molar-refractivity contribution in [3.05, 3.63) is 52.8 Å². The number of hydrogen-bond acceptors (Lipinski definition) is 4. The van der Waals surface area contributed by atoms with Crippen LogP contribution in [0.4, 0.5) is 10.1 Å². The lowest BCUT2D eigenvalue weighted by Crippen LogP contribution is -2.35. The largest absolute Gasteiger partial charge is 0.332 e. The normalized spacial score (nSPS) is 10.8. The highest BCUT2D eigenvalue weighted by Gasteiger charge is 2.17. The second kappa shape index (κ2) is 7.71. The van der Waals surface area contributed by atoms with Gasteiger partial charge in [-0.25, -0.2) is 9.07 Å². The van der Waals surface area contributed by atoms with Gasteiger partial charge >= 0.3 is 0 Å². The van der Waals surface area contributed by atoms with Gasteiger partial charge in [-0.3, -0.25) is 9.59 Å². The number of benzene rings is 2. The fourth-order valence-electron chi connectivity index (χ4n) is 2.63. The van der Waals surface area contributed by atoms with Crippen molar-refractivity contribution < 1.29 is 14.0 Å². The van der Waals surface area contributed by atoms with E-state index in [0.717, 1.165) is 11.6 Å². The number of aryl methyl sites for hydroxylation is 1. The smallest absolute Gasteiger partial charge is 0.254 e. The van der Waals surface area contributed by atoms with Crippen LogP contribution in [0.3, 0.4) is 0 Å². The summed E-state index contributed by atoms with van der Waals surface area (Å²) in [5.41, 5.74) is 1.82. The average molecular weight is 390 g/mol. The van der Waals surface area contributed by atoms with Gasteiger partial charge in [0, 0.05) is 24.2 Å². The van der Waals surface area contributed by atoms with Crippen molar-refractivity contribution in [1.29, 1.82) is 0 Å². The van der Waals surface area contributed by atoms with E-state index in [4.69, 9.17) is 11.6 Å². The molecule has 0 spiro atoms. The van der Waals surface area contributed by atoms with Crippen LogP contribution in [0, 0.1) is 5.82 Å². The maximum atomic E-state index is 13.8. The van der Waals surface area contributed by atoms with Crippen molar-refractivity contribution >= 4 is 40.1 Å². The standard InChI is InChI=1S/C18H17ClFN5O2/c1-3-25-16-7-4-11(8-15(16)22-23-25)18(27)24(2)10-17(26)21-14-6-5-12(19)9-13(14)20/h4-9H,3,10H2,1-2H3,(H,21,26). The summed E-state index contributed by atoms with van der Waals surface area (Å²) in [6, 6.07) is 8.99. The second-order valence-electron chi connectivity index (χ2n) is 5.94. The molecule has 1 aromatic heterocycles. The van der Waals surface area contributed by atoms with Crippen molar-refractivity contribution in [1.82, 2.24) is 19.9 Å². The number of aromatic nitrogens is 3. The van der Waals surface area contributed by atoms with E-state index in [1.54, 1.807) is 22.9 Å². The predicted octanol–water partition coefficient (Wildman–Crippen LogP) is 2.95. The molecule has 1 N–H and O–H groups in total. The van der Waals surface area contributed by atoms with Crippen molar-refractivity contribution in [2.24, 2.45) is 0 Å². The molecule has 0 unspecified atom stereocenters. The Bertz CT molecular complexity index is 1020. The second-order valence-corrected chi connectivity index (χ2v) is 6.38. The van der Waals surface area contributed by atoms with Crippen LogP contribution in [0.5, 0.6) is 0 Å². The van der Waals surface area contributed by atoms with Crippen LogP contribution >= 0.6 is 11.6 Å². The third kappa shape index (κ3) is 4.06. The molecule has 27 heavy (non-hydrogen) atoms. The minimum atomic E-state index is -0.644. The molecule has 0 aliphatic carbocycles. The fourth-order valence-corrected chi connectivity index (χ4v) is 2.79. The molecule has 3 aromatic rings. The summed E-state index contributed by atoms with van der Waals surface area (Å²) in [4.78, 5) is 25.9. The third-order valence-electron chi connectivity index (χ3n) is 3.99. The van der Waals surface area contributed by atoms with Crippen molar-refractivity contribution in [3.8, 4) is 0 Å². The van der Waals surface area contributed by atoms with Gasteiger partial charge in [0.05, 0.1) is 17.7 Å². The zero-order valence-electron chi connectivity index (χ0n) is 14.7. The summed E-state index contributed by atoms with van der Waals surface area (Å²) in [6.07, 6.45) is 0. The molecule has 0 aliphatic rings. The van der Waals surface area contributed by atoms with Gasteiger partial charge in [-0.1, -0.05) is 16.8 Å². The molecule has 2 aromatic carbocycles. The number of likely N-dealkylation sites (N-methyl/N-ethyl adjacent to an activating group) is 1. The summed E-state index contributed by atoms with van der Waals surface area (Å²) in [6.45, 7) is 2.38. The van der Waals surface area contributed by atoms with E-state index in [0.29, 0.717) is 17.6 Å². The van der Waals surface area contributed by atoms with Crippen LogP contribution in [0.25, 0.3) is 11.0 Å². The van der Waals surface area contributed by atoms with E-state index in [1.807, 2.05) is 6.92 Å². The molecule has 1 heterocycles. The summed E-state index contributed by atoms with van der Waals surface area (Å²) in [7, 11) is 1.49. The first-order valence-electron chi connectivity index (χ1n) is 8.22. The number of nitrogens with one attached hydrogen (secondary N) is 1. The highest BCUT2D eigenvalue weighted by atomic mass is 35.5. The zero-order valence-corrected chi connectivity index (χ0v) is 15.5. The van der Waals surface area contributed by atoms with E-state index < -0.39 is 11.7 Å². The SMILES string of the molecule is CCn1nnc2cc(C(=O)N(C)CC(=O)Nc3ccc(Cl)cc3F)ccc21. The van der Waals surface area contributed by atoms with E-state index in [-0.39, 0.29) is 23.2 Å². The number of hydrogen-bond donors (Lipinski definition) is 1. The molecular weight excluding hydrogens is 373 g/mol. The Kier molecular flexibility index (Phi) is 5.36. The van der Waals surface area contributed by atoms with Crippen molar-refractivity contribution in [2.75, 3.05) is 18.9 Å². The van der Waals surface area contributed by atoms with Gasteiger partial charge in [-0.2, -0.15) is 0 Å². The molecular formula is C18H17ClFN5O2. The summed E-state index contributed by atoms with van der Waals surface area (Å²) in [5.74, 6) is -1.52. The number of halogens is 2. The Morgan fingerprint density at radius 1 is 1.26 bits per heavy atom. The van der Waals surface area contributed by atoms with E-state index >= 15 is 0 Å². The van der Waals surface area contributed by atoms with Gasteiger partial charge in [0.2, 0.25) is 5.91 Å². The molecule has 140 valence electrons. The molecule has 0 saturated heterocycles. The fraction of sp³-hybridized carbons (Fsp3) is 0.222. The van der Waals surface area contributed by atoms with E-state index in [9.17, 15) is 14.0 Å². The molecule has 0 atom stereocenters. The minimum Gasteiger partial charge on any atom is -0.332 e. The number of rotatable bonds is 5. The van der Waals surface area contributed by atoms with E-state index in [2.05, 4.69) is 15.6 Å². The highest BCUT2D eigenvalue weighted by Crippen LogP contribution is 2.19. The Labute approximate surface area is 159 Å². The van der Waals surface area contributed by atoms with Crippen LogP contribution in [-0.4, -0.2) is 45.3 Å². The van der Waals surface area contributed by atoms with Crippen LogP contribution in [0.1, 0.15) is 17.3 Å². The lowest BCUT2D eigenvalue weighted by atomic mass is 10.1. The topological polar surface area (TPSA) is 80.1 Å². The molecule has 9 heteroatoms. The van der Waals surface area contributed by atoms with Gasteiger partial charge in [-0.05, 0) is 43.3 Å². The number of nitrogens with zero attached hydrogens (tertiary/aromatic N) is 4. The van der Waals surface area contributed by atoms with E-state index in [1.165, 1.54) is 24.1 Å². The van der Waals surface area contributed by atoms with Gasteiger partial charge < -0.3 is 10.2 Å². The quantitative estimate of drug-likeness (QED) is 0.727. The van der Waals surface area contributed by atoms with Gasteiger partial charge in [-0.15, -0.1) is 5.10 Å². The Morgan fingerprint density at radius 3 is 2.74 bits per heavy atom. The maximum Gasteiger partial charge on any atom is 0.254 e. The molecule has 0 radical (unpaired) electrons. The lowest BCUT2D eigenvalue weighted by molar-refractivity contribution is -0.116. The third-order valence-corrected chi connectivity index (χ3v) is 4.23. The Balaban J connectivity index is 1.68. The van der Waals surface area contributed by atoms with Crippen LogP contribution in [-0.2, 0) is 11.3 Å². The number of amides is 2. The van der Waals surface area contributed by atoms with Gasteiger partial charge in [0.1, 0.15) is 11.3 Å². The Morgan fingerprint density at radius 2 is 2.04 bits per heavy atom. The first-order valence-corrected chi connectivity index (χ1v) is 8.60. The van der Waals surface area contributed by atoms with Crippen LogP contribution in [0.2, 0.25) is 5.02 Å². The first-order chi connectivity index (χ1) is 12.9. The summed E-state index contributed by atoms with van der Waals surface area (Å²) < 4.78 is 15.5. The lowest BCUT2D eigenvalue weighted by Gasteiger charge is -2.17. The van der Waals surface area contributed by atoms with Gasteiger partial charge in [0.15, 0.2) is 0 Å². The van der Waals surface area contributed by atoms with Crippen LogP contribution < -0.4 is 5.32 Å². The molecule has 0 fully saturated rings. The first kappa shape index (κ1) is 18.8. The highest BCUT2D eigenvalue weighted by molar-refractivity contribution is 6.30. The number of anilines is 1. The Hall–Kier alpha value is -3.00. The minimum absolute atomic E-state index is 0.00264. The molecule has 7 nitrogen and oxygen atoms in total. The summed E-state index contributed by atoms with van der Waals surface area (Å²) in [5, 5.41) is 10.7. The van der Waals surface area contributed by atoms with Crippen molar-refractivity contribution in [3.63, 3.8) is 0 Å². The monoisotopic (exact) mass is 389 g/mol. The number of fused-ring (bicyclic) bond motifs is 1. The molecule has 2 amide bonds. The molecule has 0 bridgehead atoms. The zero-order chi connectivity index (χ0) is 19.6. The molecule has 3 rings (SSSR count). The predicted molar refractivity (Wildman–Crippen MR) is 100 cm³/mol. The number of carbonyl (C=O) groups is 2. The average Bonchev–Trinajstić information content (AvgIpc) is 3.05. The van der Waals surface area contributed by atoms with Gasteiger partial charge in [0.25, 0.3) is 5.91 Å². The molecule has 0 saturated carbocycles. The molecule has 0 aliphatic heterocycles. The summed E-state index contributed by atoms with van der Waals surface area (Å²) >= 11 is 5.68. The van der Waals surface area contributed by atoms with Crippen LogP contribution in [0.15, 0.2) is 36.4 Å². The van der Waals surface area contributed by atoms with Crippen molar-refractivity contribution in [2.45, 2.75) is 13.5 Å².